The van der Waals surface area contributed by atoms with Crippen LogP contribution in [-0.4, -0.2) is 42.6 Å². The van der Waals surface area contributed by atoms with E-state index in [-0.39, 0.29) is 11.9 Å². The van der Waals surface area contributed by atoms with Gasteiger partial charge in [-0.05, 0) is 31.5 Å². The summed E-state index contributed by atoms with van der Waals surface area (Å²) in [5, 5.41) is 3.29. The minimum Gasteiger partial charge on any atom is -0.469 e. The fourth-order valence-electron chi connectivity index (χ4n) is 2.48. The van der Waals surface area contributed by atoms with Crippen LogP contribution in [0.3, 0.4) is 0 Å². The molecule has 1 aromatic rings. The normalized spacial score (nSPS) is 19.0. The van der Waals surface area contributed by atoms with Gasteiger partial charge in [-0.15, -0.1) is 0 Å². The van der Waals surface area contributed by atoms with E-state index in [0.29, 0.717) is 0 Å². The Labute approximate surface area is 120 Å². The molecule has 1 N–H and O–H groups in total. The monoisotopic (exact) mass is 277 g/mol. The van der Waals surface area contributed by atoms with Crippen molar-refractivity contribution in [2.24, 2.45) is 5.92 Å². The van der Waals surface area contributed by atoms with Crippen LogP contribution >= 0.6 is 0 Å². The molecule has 1 aliphatic heterocycles. The summed E-state index contributed by atoms with van der Waals surface area (Å²) in [6, 6.07) is 6.04. The molecule has 1 atom stereocenters. The summed E-state index contributed by atoms with van der Waals surface area (Å²) in [4.78, 5) is 18.4. The number of hydrogen-bond donors (Lipinski definition) is 1. The molecule has 0 bridgehead atoms. The standard InChI is InChI=1S/C15H23N3O2/c1-3-8-16-14-6-4-5-13(17-14)11-18-9-7-12(10-18)15(19)20-2/h4-6,12H,3,7-11H2,1-2H3,(H,16,17). The second kappa shape index (κ2) is 7.24. The van der Waals surface area contributed by atoms with Crippen LogP contribution < -0.4 is 5.32 Å². The van der Waals surface area contributed by atoms with E-state index >= 15 is 0 Å². The van der Waals surface area contributed by atoms with Gasteiger partial charge in [0, 0.05) is 19.6 Å². The lowest BCUT2D eigenvalue weighted by Crippen LogP contribution is -2.24. The van der Waals surface area contributed by atoms with E-state index < -0.39 is 0 Å². The largest absolute Gasteiger partial charge is 0.469 e. The molecule has 0 spiro atoms. The zero-order valence-corrected chi connectivity index (χ0v) is 12.3. The van der Waals surface area contributed by atoms with Crippen LogP contribution in [0, 0.1) is 5.92 Å². The van der Waals surface area contributed by atoms with Crippen molar-refractivity contribution in [3.05, 3.63) is 23.9 Å². The highest BCUT2D eigenvalue weighted by Gasteiger charge is 2.28. The van der Waals surface area contributed by atoms with E-state index in [4.69, 9.17) is 4.74 Å². The van der Waals surface area contributed by atoms with Crippen molar-refractivity contribution in [1.82, 2.24) is 9.88 Å². The number of anilines is 1. The Bertz CT molecular complexity index is 450. The number of hydrogen-bond acceptors (Lipinski definition) is 5. The number of carbonyl (C=O) groups excluding carboxylic acids is 1. The summed E-state index contributed by atoms with van der Waals surface area (Å²) in [5.41, 5.74) is 1.04. The second-order valence-corrected chi connectivity index (χ2v) is 5.18. The third kappa shape index (κ3) is 3.93. The quantitative estimate of drug-likeness (QED) is 0.805. The van der Waals surface area contributed by atoms with E-state index in [2.05, 4.69) is 22.1 Å². The number of methoxy groups -OCH3 is 1. The van der Waals surface area contributed by atoms with Crippen molar-refractivity contribution in [3.8, 4) is 0 Å². The van der Waals surface area contributed by atoms with Crippen molar-refractivity contribution >= 4 is 11.8 Å². The molecule has 1 saturated heterocycles. The molecular weight excluding hydrogens is 254 g/mol. The van der Waals surface area contributed by atoms with Crippen LogP contribution in [0.5, 0.6) is 0 Å². The maximum absolute atomic E-state index is 11.5. The summed E-state index contributed by atoms with van der Waals surface area (Å²) >= 11 is 0. The number of nitrogens with zero attached hydrogens (tertiary/aromatic N) is 2. The van der Waals surface area contributed by atoms with E-state index in [0.717, 1.165) is 50.5 Å². The van der Waals surface area contributed by atoms with E-state index in [1.807, 2.05) is 18.2 Å². The Morgan fingerprint density at radius 1 is 1.55 bits per heavy atom. The van der Waals surface area contributed by atoms with Gasteiger partial charge in [0.05, 0.1) is 18.7 Å². The highest BCUT2D eigenvalue weighted by Crippen LogP contribution is 2.19. The Morgan fingerprint density at radius 3 is 3.15 bits per heavy atom. The molecular formula is C15H23N3O2. The first-order valence-corrected chi connectivity index (χ1v) is 7.23. The van der Waals surface area contributed by atoms with Gasteiger partial charge in [-0.25, -0.2) is 4.98 Å². The molecule has 2 heterocycles. The number of ether oxygens (including phenoxy) is 1. The van der Waals surface area contributed by atoms with Crippen LogP contribution in [0.15, 0.2) is 18.2 Å². The minimum absolute atomic E-state index is 0.0152. The predicted molar refractivity (Wildman–Crippen MR) is 78.4 cm³/mol. The van der Waals surface area contributed by atoms with Gasteiger partial charge in [0.1, 0.15) is 5.82 Å². The second-order valence-electron chi connectivity index (χ2n) is 5.18. The first kappa shape index (κ1) is 14.8. The summed E-state index contributed by atoms with van der Waals surface area (Å²) < 4.78 is 4.80. The Kier molecular flexibility index (Phi) is 5.35. The number of aromatic nitrogens is 1. The fraction of sp³-hybridized carbons (Fsp3) is 0.600. The first-order valence-electron chi connectivity index (χ1n) is 7.23. The number of pyridine rings is 1. The predicted octanol–water partition coefficient (Wildman–Crippen LogP) is 1.90. The lowest BCUT2D eigenvalue weighted by Gasteiger charge is -2.15. The number of nitrogens with one attached hydrogen (secondary N) is 1. The van der Waals surface area contributed by atoms with Crippen molar-refractivity contribution in [3.63, 3.8) is 0 Å². The third-order valence-electron chi connectivity index (χ3n) is 3.56. The van der Waals surface area contributed by atoms with Gasteiger partial charge in [0.15, 0.2) is 0 Å². The molecule has 1 unspecified atom stereocenters. The molecule has 0 aromatic carbocycles. The van der Waals surface area contributed by atoms with Crippen LogP contribution in [0.4, 0.5) is 5.82 Å². The summed E-state index contributed by atoms with van der Waals surface area (Å²) in [6.07, 6.45) is 1.96. The molecule has 1 aliphatic rings. The Morgan fingerprint density at radius 2 is 2.40 bits per heavy atom. The highest BCUT2D eigenvalue weighted by atomic mass is 16.5. The average molecular weight is 277 g/mol. The maximum atomic E-state index is 11.5. The van der Waals surface area contributed by atoms with Crippen molar-refractivity contribution in [1.29, 1.82) is 0 Å². The Balaban J connectivity index is 1.89. The molecule has 2 rings (SSSR count). The smallest absolute Gasteiger partial charge is 0.310 e. The number of carbonyl (C=O) groups is 1. The molecule has 0 aliphatic carbocycles. The molecule has 0 radical (unpaired) electrons. The van der Waals surface area contributed by atoms with Gasteiger partial charge < -0.3 is 10.1 Å². The van der Waals surface area contributed by atoms with E-state index in [1.165, 1.54) is 7.11 Å². The topological polar surface area (TPSA) is 54.5 Å². The number of likely N-dealkylation sites (tertiary alicyclic amines) is 1. The maximum Gasteiger partial charge on any atom is 0.310 e. The number of rotatable bonds is 6. The van der Waals surface area contributed by atoms with Gasteiger partial charge in [-0.2, -0.15) is 0 Å². The first-order chi connectivity index (χ1) is 9.72. The van der Waals surface area contributed by atoms with Crippen molar-refractivity contribution < 1.29 is 9.53 Å². The fourth-order valence-corrected chi connectivity index (χ4v) is 2.48. The van der Waals surface area contributed by atoms with Crippen LogP contribution in [0.2, 0.25) is 0 Å². The highest BCUT2D eigenvalue weighted by molar-refractivity contribution is 5.72. The zero-order valence-electron chi connectivity index (χ0n) is 12.3. The van der Waals surface area contributed by atoms with E-state index in [9.17, 15) is 4.79 Å². The van der Waals surface area contributed by atoms with Crippen molar-refractivity contribution in [2.45, 2.75) is 26.3 Å². The van der Waals surface area contributed by atoms with E-state index in [1.54, 1.807) is 0 Å². The Hall–Kier alpha value is -1.62. The van der Waals surface area contributed by atoms with Gasteiger partial charge in [-0.3, -0.25) is 9.69 Å². The summed E-state index contributed by atoms with van der Waals surface area (Å²) in [5.74, 6) is 0.841. The number of esters is 1. The summed E-state index contributed by atoms with van der Waals surface area (Å²) in [6.45, 7) is 5.54. The molecule has 5 heteroatoms. The minimum atomic E-state index is -0.0983. The molecule has 0 amide bonds. The molecule has 5 nitrogen and oxygen atoms in total. The van der Waals surface area contributed by atoms with Gasteiger partial charge >= 0.3 is 5.97 Å². The lowest BCUT2D eigenvalue weighted by molar-refractivity contribution is -0.144. The summed E-state index contributed by atoms with van der Waals surface area (Å²) in [7, 11) is 1.45. The van der Waals surface area contributed by atoms with Gasteiger partial charge in [0.25, 0.3) is 0 Å². The van der Waals surface area contributed by atoms with Crippen molar-refractivity contribution in [2.75, 3.05) is 32.1 Å². The SMILES string of the molecule is CCCNc1cccc(CN2CCC(C(=O)OC)C2)n1. The lowest BCUT2D eigenvalue weighted by atomic mass is 10.1. The third-order valence-corrected chi connectivity index (χ3v) is 3.56. The van der Waals surface area contributed by atoms with Crippen LogP contribution in [0.25, 0.3) is 0 Å². The zero-order chi connectivity index (χ0) is 14.4. The average Bonchev–Trinajstić information content (AvgIpc) is 2.93. The van der Waals surface area contributed by atoms with Crippen LogP contribution in [-0.2, 0) is 16.1 Å². The van der Waals surface area contributed by atoms with Gasteiger partial charge in [-0.1, -0.05) is 13.0 Å². The molecule has 1 aromatic heterocycles. The molecule has 20 heavy (non-hydrogen) atoms. The molecule has 1 fully saturated rings. The molecule has 110 valence electrons. The van der Waals surface area contributed by atoms with Crippen LogP contribution in [0.1, 0.15) is 25.5 Å². The molecule has 0 saturated carbocycles. The van der Waals surface area contributed by atoms with Gasteiger partial charge in [0.2, 0.25) is 0 Å².